The lowest BCUT2D eigenvalue weighted by molar-refractivity contribution is -0.162. The van der Waals surface area contributed by atoms with Crippen molar-refractivity contribution >= 4 is 18.2 Å². The first-order valence-corrected chi connectivity index (χ1v) is 14.9. The number of hydrogen-bond acceptors (Lipinski definition) is 8. The van der Waals surface area contributed by atoms with Crippen molar-refractivity contribution < 1.29 is 38.1 Å². The van der Waals surface area contributed by atoms with Gasteiger partial charge in [0.05, 0.1) is 18.4 Å². The third-order valence-corrected chi connectivity index (χ3v) is 6.74. The maximum atomic E-state index is 12.4. The van der Waals surface area contributed by atoms with Gasteiger partial charge in [0.2, 0.25) is 0 Å². The van der Waals surface area contributed by atoms with Gasteiger partial charge in [-0.15, -0.1) is 0 Å². The molecule has 0 radical (unpaired) electrons. The smallest absolute Gasteiger partial charge is 0.314 e. The minimum absolute atomic E-state index is 0.129. The largest absolute Gasteiger partial charge is 0.491 e. The van der Waals surface area contributed by atoms with Crippen molar-refractivity contribution in [3.05, 3.63) is 36.9 Å². The number of ether oxygens (including phenoxy) is 5. The second kappa shape index (κ2) is 21.1. The van der Waals surface area contributed by atoms with Crippen LogP contribution < -0.4 is 9.47 Å². The summed E-state index contributed by atoms with van der Waals surface area (Å²) in [4.78, 5) is 33.7. The minimum Gasteiger partial charge on any atom is -0.491 e. The molecule has 0 spiro atoms. The van der Waals surface area contributed by atoms with Crippen LogP contribution in [0.1, 0.15) is 85.5 Å². The van der Waals surface area contributed by atoms with E-state index in [-0.39, 0.29) is 23.8 Å². The third-order valence-electron chi connectivity index (χ3n) is 6.74. The van der Waals surface area contributed by atoms with Crippen LogP contribution in [0, 0.1) is 17.8 Å². The second-order valence-electron chi connectivity index (χ2n) is 11.4. The summed E-state index contributed by atoms with van der Waals surface area (Å²) < 4.78 is 26.9. The first-order valence-electron chi connectivity index (χ1n) is 14.9. The molecule has 232 valence electrons. The molecule has 2 aliphatic rings. The zero-order chi connectivity index (χ0) is 30.5. The summed E-state index contributed by atoms with van der Waals surface area (Å²) in [5.41, 5.74) is -0.481. The van der Waals surface area contributed by atoms with E-state index in [4.69, 9.17) is 28.5 Å². The van der Waals surface area contributed by atoms with Crippen LogP contribution in [0.3, 0.4) is 0 Å². The number of aldehydes is 1. The molecule has 3 rings (SSSR count). The molecule has 0 atom stereocenters. The molecule has 0 bridgehead atoms. The van der Waals surface area contributed by atoms with Crippen molar-refractivity contribution in [1.82, 2.24) is 0 Å². The van der Waals surface area contributed by atoms with Crippen LogP contribution in [0.25, 0.3) is 0 Å². The summed E-state index contributed by atoms with van der Waals surface area (Å²) in [5.74, 6) is 1.50. The zero-order valence-electron chi connectivity index (χ0n) is 25.9. The van der Waals surface area contributed by atoms with E-state index in [1.807, 2.05) is 20.8 Å². The van der Waals surface area contributed by atoms with Crippen molar-refractivity contribution in [2.24, 2.45) is 17.8 Å². The number of rotatable bonds is 13. The molecule has 1 aromatic carbocycles. The molecular formula is C33H52O8. The van der Waals surface area contributed by atoms with Gasteiger partial charge in [-0.05, 0) is 95.6 Å². The number of esters is 2. The van der Waals surface area contributed by atoms with Crippen LogP contribution in [-0.2, 0) is 28.6 Å². The molecule has 2 saturated carbocycles. The lowest BCUT2D eigenvalue weighted by Gasteiger charge is -2.28. The van der Waals surface area contributed by atoms with E-state index in [1.165, 1.54) is 31.8 Å². The van der Waals surface area contributed by atoms with Gasteiger partial charge in [-0.2, -0.15) is 0 Å². The van der Waals surface area contributed by atoms with E-state index < -0.39 is 5.60 Å². The van der Waals surface area contributed by atoms with Gasteiger partial charge in [0.25, 0.3) is 0 Å². The highest BCUT2D eigenvalue weighted by molar-refractivity contribution is 5.77. The Morgan fingerprint density at radius 2 is 1.44 bits per heavy atom. The number of hydrogen-bond donors (Lipinski definition) is 0. The monoisotopic (exact) mass is 576 g/mol. The van der Waals surface area contributed by atoms with Gasteiger partial charge in [0.1, 0.15) is 30.0 Å². The van der Waals surface area contributed by atoms with E-state index >= 15 is 0 Å². The predicted octanol–water partition coefficient (Wildman–Crippen LogP) is 6.74. The number of allylic oxidation sites excluding steroid dienone is 1. The topological polar surface area (TPSA) is 97.4 Å². The Labute approximate surface area is 247 Å². The first kappa shape index (κ1) is 36.3. The fourth-order valence-corrected chi connectivity index (χ4v) is 4.28. The molecule has 0 saturated heterocycles. The summed E-state index contributed by atoms with van der Waals surface area (Å²) in [6.07, 6.45) is 11.0. The van der Waals surface area contributed by atoms with E-state index in [9.17, 15) is 9.59 Å². The quantitative estimate of drug-likeness (QED) is 0.0837. The molecule has 2 fully saturated rings. The van der Waals surface area contributed by atoms with Gasteiger partial charge in [-0.3, -0.25) is 14.4 Å². The Morgan fingerprint density at radius 1 is 0.878 bits per heavy atom. The van der Waals surface area contributed by atoms with Gasteiger partial charge in [0, 0.05) is 20.3 Å². The van der Waals surface area contributed by atoms with E-state index in [2.05, 4.69) is 13.5 Å². The molecule has 41 heavy (non-hydrogen) atoms. The number of carbonyl (C=O) groups excluding carboxylic acids is 3. The molecule has 8 heteroatoms. The van der Waals surface area contributed by atoms with Crippen LogP contribution in [0.15, 0.2) is 36.9 Å². The van der Waals surface area contributed by atoms with Gasteiger partial charge in [0.15, 0.2) is 0 Å². The summed E-state index contributed by atoms with van der Waals surface area (Å²) in [6.45, 7) is 13.5. The van der Waals surface area contributed by atoms with Gasteiger partial charge in [-0.25, -0.2) is 0 Å². The molecule has 8 nitrogen and oxygen atoms in total. The third kappa shape index (κ3) is 17.0. The number of carbonyl (C=O) groups is 3. The van der Waals surface area contributed by atoms with Crippen LogP contribution in [0.2, 0.25) is 0 Å². The highest BCUT2D eigenvalue weighted by Crippen LogP contribution is 2.32. The normalized spacial score (nSPS) is 18.3. The zero-order valence-corrected chi connectivity index (χ0v) is 25.9. The summed E-state index contributed by atoms with van der Waals surface area (Å²) in [7, 11) is 1.78. The predicted molar refractivity (Wildman–Crippen MR) is 160 cm³/mol. The van der Waals surface area contributed by atoms with Crippen molar-refractivity contribution in [3.63, 3.8) is 0 Å². The molecule has 0 heterocycles. The molecule has 0 aliphatic heterocycles. The fourth-order valence-electron chi connectivity index (χ4n) is 4.28. The lowest BCUT2D eigenvalue weighted by atomic mass is 9.82. The fraction of sp³-hybridized carbons (Fsp3) is 0.667. The second-order valence-corrected chi connectivity index (χ2v) is 11.4. The van der Waals surface area contributed by atoms with Crippen LogP contribution in [-0.4, -0.2) is 57.4 Å². The van der Waals surface area contributed by atoms with E-state index in [0.717, 1.165) is 25.6 Å². The SMILES string of the molecule is C=CC=O.CCCOCCOc1ccc(OC(=O)C2CCC(C(=O)OC(C)(C)C)CC2)cc1.COCCC1CCC1. The maximum absolute atomic E-state index is 12.4. The molecule has 0 aromatic heterocycles. The van der Waals surface area contributed by atoms with Crippen molar-refractivity contribution in [2.75, 3.05) is 33.5 Å². The average molecular weight is 577 g/mol. The molecular weight excluding hydrogens is 524 g/mol. The Bertz CT molecular complexity index is 856. The van der Waals surface area contributed by atoms with E-state index in [0.29, 0.717) is 56.7 Å². The maximum Gasteiger partial charge on any atom is 0.314 e. The molecule has 0 N–H and O–H groups in total. The first-order chi connectivity index (χ1) is 19.6. The Balaban J connectivity index is 0.000000579. The van der Waals surface area contributed by atoms with Crippen molar-refractivity contribution in [1.29, 1.82) is 0 Å². The van der Waals surface area contributed by atoms with Crippen LogP contribution in [0.5, 0.6) is 11.5 Å². The van der Waals surface area contributed by atoms with Crippen molar-refractivity contribution in [3.8, 4) is 11.5 Å². The van der Waals surface area contributed by atoms with Gasteiger partial charge >= 0.3 is 11.9 Å². The van der Waals surface area contributed by atoms with Crippen LogP contribution >= 0.6 is 0 Å². The molecule has 2 aliphatic carbocycles. The highest BCUT2D eigenvalue weighted by Gasteiger charge is 2.33. The lowest BCUT2D eigenvalue weighted by Crippen LogP contribution is -2.33. The highest BCUT2D eigenvalue weighted by atomic mass is 16.6. The molecule has 0 amide bonds. The van der Waals surface area contributed by atoms with Crippen molar-refractivity contribution in [2.45, 2.75) is 91.1 Å². The molecule has 1 aromatic rings. The average Bonchev–Trinajstić information content (AvgIpc) is 2.93. The Hall–Kier alpha value is -2.71. The Kier molecular flexibility index (Phi) is 18.7. The van der Waals surface area contributed by atoms with Gasteiger partial charge < -0.3 is 23.7 Å². The van der Waals surface area contributed by atoms with E-state index in [1.54, 1.807) is 31.4 Å². The Morgan fingerprint density at radius 3 is 1.90 bits per heavy atom. The summed E-state index contributed by atoms with van der Waals surface area (Å²) in [6, 6.07) is 7.02. The minimum atomic E-state index is -0.481. The number of benzene rings is 1. The standard InChI is InChI=1S/C23H34O6.C7H14O.C3H4O/c1-5-14-26-15-16-27-19-10-12-20(13-11-19)28-21(24)17-6-8-18(9-7-17)22(25)29-23(2,3)4;1-8-6-5-7-3-2-4-7;1-2-3-4/h10-13,17-18H,5-9,14-16H2,1-4H3;7H,2-6H2,1H3;2-3H,1H2. The van der Waals surface area contributed by atoms with Crippen LogP contribution in [0.4, 0.5) is 0 Å². The summed E-state index contributed by atoms with van der Waals surface area (Å²) >= 11 is 0. The number of methoxy groups -OCH3 is 1. The molecule has 0 unspecified atom stereocenters. The summed E-state index contributed by atoms with van der Waals surface area (Å²) in [5, 5.41) is 0. The van der Waals surface area contributed by atoms with Gasteiger partial charge in [-0.1, -0.05) is 32.8 Å².